The SMILES string of the molecule is Cc1ccnc(Nc2cc(NCCNC(=O)c3cncc(F)c3)nc(C)n2)c1. The Bertz CT molecular complexity index is 980. The molecule has 0 atom stereocenters. The summed E-state index contributed by atoms with van der Waals surface area (Å²) in [5.74, 6) is 1.58. The molecular weight excluding hydrogens is 361 g/mol. The third kappa shape index (κ3) is 5.44. The second kappa shape index (κ2) is 8.85. The van der Waals surface area contributed by atoms with Crippen molar-refractivity contribution < 1.29 is 9.18 Å². The van der Waals surface area contributed by atoms with Gasteiger partial charge in [0.2, 0.25) is 0 Å². The van der Waals surface area contributed by atoms with Gasteiger partial charge in [0.05, 0.1) is 11.8 Å². The van der Waals surface area contributed by atoms with Crippen LogP contribution in [0.15, 0.2) is 42.9 Å². The number of amides is 1. The summed E-state index contributed by atoms with van der Waals surface area (Å²) >= 11 is 0. The van der Waals surface area contributed by atoms with E-state index in [1.54, 1.807) is 19.2 Å². The highest BCUT2D eigenvalue weighted by Crippen LogP contribution is 2.16. The Hall–Kier alpha value is -3.62. The van der Waals surface area contributed by atoms with E-state index >= 15 is 0 Å². The summed E-state index contributed by atoms with van der Waals surface area (Å²) in [4.78, 5) is 28.5. The van der Waals surface area contributed by atoms with Crippen LogP contribution in [0.25, 0.3) is 0 Å². The third-order valence-corrected chi connectivity index (χ3v) is 3.69. The number of hydrogen-bond donors (Lipinski definition) is 3. The molecule has 0 radical (unpaired) electrons. The summed E-state index contributed by atoms with van der Waals surface area (Å²) in [5, 5.41) is 8.97. The molecule has 3 N–H and O–H groups in total. The van der Waals surface area contributed by atoms with Gasteiger partial charge in [0.25, 0.3) is 5.91 Å². The molecule has 0 unspecified atom stereocenters. The van der Waals surface area contributed by atoms with Gasteiger partial charge in [0.1, 0.15) is 29.1 Å². The minimum Gasteiger partial charge on any atom is -0.368 e. The summed E-state index contributed by atoms with van der Waals surface area (Å²) in [6.07, 6.45) is 4.09. The number of carbonyl (C=O) groups is 1. The number of aromatic nitrogens is 4. The molecule has 0 aliphatic rings. The number of pyridine rings is 2. The molecule has 8 nitrogen and oxygen atoms in total. The summed E-state index contributed by atoms with van der Waals surface area (Å²) in [6, 6.07) is 6.73. The number of carbonyl (C=O) groups excluding carboxylic acids is 1. The van der Waals surface area contributed by atoms with Crippen LogP contribution >= 0.6 is 0 Å². The van der Waals surface area contributed by atoms with Gasteiger partial charge >= 0.3 is 0 Å². The molecule has 3 aromatic rings. The maximum atomic E-state index is 13.1. The monoisotopic (exact) mass is 381 g/mol. The first kappa shape index (κ1) is 19.2. The Labute approximate surface area is 161 Å². The number of halogens is 1. The summed E-state index contributed by atoms with van der Waals surface area (Å²) < 4.78 is 13.1. The molecule has 0 spiro atoms. The lowest BCUT2D eigenvalue weighted by molar-refractivity contribution is 0.0954. The highest BCUT2D eigenvalue weighted by Gasteiger charge is 2.07. The molecule has 3 rings (SSSR count). The Kier molecular flexibility index (Phi) is 6.05. The summed E-state index contributed by atoms with van der Waals surface area (Å²) in [7, 11) is 0. The lowest BCUT2D eigenvalue weighted by Crippen LogP contribution is -2.29. The molecule has 28 heavy (non-hydrogen) atoms. The fraction of sp³-hybridized carbons (Fsp3) is 0.211. The van der Waals surface area contributed by atoms with Crippen molar-refractivity contribution in [2.75, 3.05) is 23.7 Å². The lowest BCUT2D eigenvalue weighted by Gasteiger charge is -2.11. The van der Waals surface area contributed by atoms with Crippen LogP contribution in [-0.2, 0) is 0 Å². The molecule has 0 saturated carbocycles. The zero-order chi connectivity index (χ0) is 19.9. The predicted octanol–water partition coefficient (Wildman–Crippen LogP) is 2.61. The number of rotatable bonds is 7. The molecule has 144 valence electrons. The Morgan fingerprint density at radius 1 is 1.04 bits per heavy atom. The fourth-order valence-corrected chi connectivity index (χ4v) is 2.46. The maximum Gasteiger partial charge on any atom is 0.253 e. The average Bonchev–Trinajstić information content (AvgIpc) is 2.64. The molecule has 9 heteroatoms. The number of anilines is 3. The van der Waals surface area contributed by atoms with Crippen LogP contribution < -0.4 is 16.0 Å². The van der Waals surface area contributed by atoms with Crippen molar-refractivity contribution in [3.05, 3.63) is 65.6 Å². The maximum absolute atomic E-state index is 13.1. The van der Waals surface area contributed by atoms with Gasteiger partial charge in [-0.25, -0.2) is 19.3 Å². The third-order valence-electron chi connectivity index (χ3n) is 3.69. The zero-order valence-corrected chi connectivity index (χ0v) is 15.5. The van der Waals surface area contributed by atoms with Crippen molar-refractivity contribution in [2.45, 2.75) is 13.8 Å². The van der Waals surface area contributed by atoms with E-state index in [2.05, 4.69) is 35.9 Å². The van der Waals surface area contributed by atoms with Gasteiger partial charge in [-0.2, -0.15) is 0 Å². The molecule has 3 heterocycles. The molecule has 0 aliphatic carbocycles. The largest absolute Gasteiger partial charge is 0.368 e. The molecule has 0 aliphatic heterocycles. The predicted molar refractivity (Wildman–Crippen MR) is 104 cm³/mol. The van der Waals surface area contributed by atoms with E-state index in [-0.39, 0.29) is 11.5 Å². The van der Waals surface area contributed by atoms with Gasteiger partial charge in [0, 0.05) is 31.5 Å². The van der Waals surface area contributed by atoms with E-state index in [0.717, 1.165) is 17.8 Å². The number of nitrogens with one attached hydrogen (secondary N) is 3. The average molecular weight is 381 g/mol. The Balaban J connectivity index is 1.54. The van der Waals surface area contributed by atoms with Gasteiger partial charge in [-0.15, -0.1) is 0 Å². The van der Waals surface area contributed by atoms with Crippen LogP contribution in [0.1, 0.15) is 21.7 Å². The summed E-state index contributed by atoms with van der Waals surface area (Å²) in [5.41, 5.74) is 1.26. The molecule has 1 amide bonds. The van der Waals surface area contributed by atoms with Crippen LogP contribution in [0.4, 0.5) is 21.8 Å². The molecule has 0 aromatic carbocycles. The van der Waals surface area contributed by atoms with E-state index in [1.165, 1.54) is 6.20 Å². The first-order chi connectivity index (χ1) is 13.5. The summed E-state index contributed by atoms with van der Waals surface area (Å²) in [6.45, 7) is 4.55. The molecule has 0 fully saturated rings. The first-order valence-electron chi connectivity index (χ1n) is 8.67. The van der Waals surface area contributed by atoms with Crippen molar-refractivity contribution in [1.82, 2.24) is 25.3 Å². The van der Waals surface area contributed by atoms with Gasteiger partial charge in [-0.3, -0.25) is 9.78 Å². The quantitative estimate of drug-likeness (QED) is 0.540. The highest BCUT2D eigenvalue weighted by molar-refractivity contribution is 5.93. The van der Waals surface area contributed by atoms with Gasteiger partial charge < -0.3 is 16.0 Å². The van der Waals surface area contributed by atoms with Crippen LogP contribution in [0.5, 0.6) is 0 Å². The fourth-order valence-electron chi connectivity index (χ4n) is 2.46. The normalized spacial score (nSPS) is 10.4. The zero-order valence-electron chi connectivity index (χ0n) is 15.5. The van der Waals surface area contributed by atoms with Crippen molar-refractivity contribution >= 4 is 23.4 Å². The lowest BCUT2D eigenvalue weighted by atomic mass is 10.2. The minimum absolute atomic E-state index is 0.176. The van der Waals surface area contributed by atoms with Gasteiger partial charge in [-0.05, 0) is 37.6 Å². The van der Waals surface area contributed by atoms with Crippen LogP contribution in [0.2, 0.25) is 0 Å². The number of aryl methyl sites for hydroxylation is 2. The van der Waals surface area contributed by atoms with E-state index < -0.39 is 5.82 Å². The van der Waals surface area contributed by atoms with Crippen LogP contribution in [0.3, 0.4) is 0 Å². The van der Waals surface area contributed by atoms with Crippen molar-refractivity contribution in [3.63, 3.8) is 0 Å². The van der Waals surface area contributed by atoms with Crippen molar-refractivity contribution in [1.29, 1.82) is 0 Å². The second-order valence-electron chi connectivity index (χ2n) is 6.10. The van der Waals surface area contributed by atoms with E-state index in [1.807, 2.05) is 19.1 Å². The van der Waals surface area contributed by atoms with Crippen molar-refractivity contribution in [2.24, 2.45) is 0 Å². The molecule has 0 saturated heterocycles. The minimum atomic E-state index is -0.551. The van der Waals surface area contributed by atoms with E-state index in [0.29, 0.717) is 36.4 Å². The topological polar surface area (TPSA) is 105 Å². The number of hydrogen-bond acceptors (Lipinski definition) is 7. The van der Waals surface area contributed by atoms with Gasteiger partial charge in [-0.1, -0.05) is 0 Å². The second-order valence-corrected chi connectivity index (χ2v) is 6.10. The molecular formula is C19H20FN7O. The standard InChI is InChI=1S/C19H20FN7O/c1-12-3-4-22-16(7-12)27-18-9-17(25-13(2)26-18)23-5-6-24-19(28)14-8-15(20)11-21-10-14/h3-4,7-11H,5-6H2,1-2H3,(H,24,28)(H2,22,23,25,26,27). The van der Waals surface area contributed by atoms with E-state index in [9.17, 15) is 9.18 Å². The van der Waals surface area contributed by atoms with Crippen molar-refractivity contribution in [3.8, 4) is 0 Å². The Morgan fingerprint density at radius 3 is 2.64 bits per heavy atom. The van der Waals surface area contributed by atoms with Gasteiger partial charge in [0.15, 0.2) is 0 Å². The highest BCUT2D eigenvalue weighted by atomic mass is 19.1. The Morgan fingerprint density at radius 2 is 1.86 bits per heavy atom. The van der Waals surface area contributed by atoms with Crippen LogP contribution in [0, 0.1) is 19.7 Å². The number of nitrogens with zero attached hydrogens (tertiary/aromatic N) is 4. The molecule has 0 bridgehead atoms. The first-order valence-corrected chi connectivity index (χ1v) is 8.67. The molecule has 3 aromatic heterocycles. The van der Waals surface area contributed by atoms with E-state index in [4.69, 9.17) is 0 Å². The van der Waals surface area contributed by atoms with Crippen LogP contribution in [-0.4, -0.2) is 38.9 Å². The smallest absolute Gasteiger partial charge is 0.253 e.